The Labute approximate surface area is 175 Å². The number of ether oxygens (including phenoxy) is 1. The van der Waals surface area contributed by atoms with Crippen LogP contribution in [0.3, 0.4) is 0 Å². The van der Waals surface area contributed by atoms with Crippen LogP contribution < -0.4 is 10.2 Å². The normalized spacial score (nSPS) is 20.1. The number of cyclic esters (lactones) is 1. The Balaban J connectivity index is 1.55. The molecular formula is C19H21F3N6O3. The van der Waals surface area contributed by atoms with E-state index in [1.165, 1.54) is 9.80 Å². The van der Waals surface area contributed by atoms with E-state index in [4.69, 9.17) is 4.74 Å². The van der Waals surface area contributed by atoms with Crippen LogP contribution in [0.5, 0.6) is 0 Å². The quantitative estimate of drug-likeness (QED) is 0.792. The number of anilines is 2. The zero-order valence-electron chi connectivity index (χ0n) is 17.1. The highest BCUT2D eigenvalue weighted by Crippen LogP contribution is 2.33. The third-order valence-electron chi connectivity index (χ3n) is 5.21. The number of amides is 3. The van der Waals surface area contributed by atoms with Crippen LogP contribution in [0, 0.1) is 5.82 Å². The molecule has 1 fully saturated rings. The van der Waals surface area contributed by atoms with Crippen LogP contribution in [0.2, 0.25) is 0 Å². The molecule has 0 spiro atoms. The predicted octanol–water partition coefficient (Wildman–Crippen LogP) is 3.53. The first kappa shape index (κ1) is 20.9. The van der Waals surface area contributed by atoms with E-state index in [1.54, 1.807) is 31.6 Å². The lowest BCUT2D eigenvalue weighted by atomic mass is 10.1. The van der Waals surface area contributed by atoms with Crippen LogP contribution in [0.15, 0.2) is 18.3 Å². The van der Waals surface area contributed by atoms with Gasteiger partial charge < -0.3 is 9.64 Å². The Morgan fingerprint density at radius 1 is 1.35 bits per heavy atom. The summed E-state index contributed by atoms with van der Waals surface area (Å²) < 4.78 is 46.3. The molecule has 2 aliphatic rings. The number of urea groups is 1. The van der Waals surface area contributed by atoms with E-state index in [9.17, 15) is 22.8 Å². The highest BCUT2D eigenvalue weighted by atomic mass is 19.3. The Morgan fingerprint density at radius 2 is 2.10 bits per heavy atom. The number of nitrogens with zero attached hydrogens (tertiary/aromatic N) is 5. The van der Waals surface area contributed by atoms with Crippen molar-refractivity contribution in [1.29, 1.82) is 0 Å². The second-order valence-electron chi connectivity index (χ2n) is 8.14. The lowest BCUT2D eigenvalue weighted by molar-refractivity contribution is 0.0871. The molecule has 4 heterocycles. The maximum Gasteiger partial charge on any atom is 0.415 e. The van der Waals surface area contributed by atoms with E-state index in [2.05, 4.69) is 15.4 Å². The molecule has 1 atom stereocenters. The molecule has 0 aliphatic carbocycles. The second-order valence-corrected chi connectivity index (χ2v) is 8.14. The number of hydrogen-bond acceptors (Lipinski definition) is 5. The molecule has 0 aromatic carbocycles. The third kappa shape index (κ3) is 3.89. The summed E-state index contributed by atoms with van der Waals surface area (Å²) in [5.74, 6) is -1.33. The summed E-state index contributed by atoms with van der Waals surface area (Å²) in [6, 6.07) is 1.08. The van der Waals surface area contributed by atoms with Crippen LogP contribution in [0.25, 0.3) is 0 Å². The number of alkyl halides is 2. The highest BCUT2D eigenvalue weighted by molar-refractivity contribution is 5.91. The average molecular weight is 438 g/mol. The van der Waals surface area contributed by atoms with E-state index in [0.29, 0.717) is 24.5 Å². The molecule has 31 heavy (non-hydrogen) atoms. The van der Waals surface area contributed by atoms with Crippen molar-refractivity contribution in [2.24, 2.45) is 0 Å². The van der Waals surface area contributed by atoms with Gasteiger partial charge in [0.05, 0.1) is 43.3 Å². The lowest BCUT2D eigenvalue weighted by Crippen LogP contribution is -2.47. The van der Waals surface area contributed by atoms with E-state index < -0.39 is 35.7 Å². The van der Waals surface area contributed by atoms with Crippen molar-refractivity contribution < 1.29 is 27.5 Å². The smallest absolute Gasteiger partial charge is 0.415 e. The first-order chi connectivity index (χ1) is 14.6. The number of rotatable bonds is 3. The molecule has 4 rings (SSSR count). The number of hydrogen-bond donors (Lipinski definition) is 1. The van der Waals surface area contributed by atoms with Gasteiger partial charge in [0, 0.05) is 0 Å². The summed E-state index contributed by atoms with van der Waals surface area (Å²) in [7, 11) is 0. The number of pyridine rings is 1. The molecule has 9 nitrogen and oxygen atoms in total. The van der Waals surface area contributed by atoms with Crippen molar-refractivity contribution in [3.63, 3.8) is 0 Å². The zero-order chi connectivity index (χ0) is 22.5. The molecule has 2 aromatic heterocycles. The Bertz CT molecular complexity index is 1040. The van der Waals surface area contributed by atoms with E-state index in [-0.39, 0.29) is 18.4 Å². The standard InChI is InChI=1S/C19H21F3N6O3/c1-10-7-28-13(12(6-23-28)27-9-19(2,3)31-18(27)30)8-26(10)17(29)25-14-5-4-11(20)15(24-14)16(21)22/h4-6,10,16H,7-9H2,1-3H3,(H,24,25,29). The summed E-state index contributed by atoms with van der Waals surface area (Å²) >= 11 is 0. The summed E-state index contributed by atoms with van der Waals surface area (Å²) in [4.78, 5) is 31.6. The van der Waals surface area contributed by atoms with Crippen molar-refractivity contribution in [1.82, 2.24) is 19.7 Å². The monoisotopic (exact) mass is 438 g/mol. The van der Waals surface area contributed by atoms with Crippen molar-refractivity contribution in [3.8, 4) is 0 Å². The average Bonchev–Trinajstić information content (AvgIpc) is 3.20. The predicted molar refractivity (Wildman–Crippen MR) is 103 cm³/mol. The van der Waals surface area contributed by atoms with E-state index in [0.717, 1.165) is 12.1 Å². The van der Waals surface area contributed by atoms with E-state index in [1.807, 2.05) is 0 Å². The molecule has 0 bridgehead atoms. The molecule has 2 aliphatic heterocycles. The van der Waals surface area contributed by atoms with Crippen LogP contribution in [0.1, 0.15) is 38.6 Å². The van der Waals surface area contributed by atoms with Crippen LogP contribution >= 0.6 is 0 Å². The number of fused-ring (bicyclic) bond motifs is 1. The molecule has 1 N–H and O–H groups in total. The Morgan fingerprint density at radius 3 is 2.74 bits per heavy atom. The fourth-order valence-corrected chi connectivity index (χ4v) is 3.70. The molecule has 0 saturated carbocycles. The van der Waals surface area contributed by atoms with Crippen LogP contribution in [-0.4, -0.2) is 50.0 Å². The Kier molecular flexibility index (Phi) is 5.02. The van der Waals surface area contributed by atoms with Crippen molar-refractivity contribution in [3.05, 3.63) is 35.5 Å². The van der Waals surface area contributed by atoms with Gasteiger partial charge in [0.1, 0.15) is 17.1 Å². The summed E-state index contributed by atoms with van der Waals surface area (Å²) in [5.41, 5.74) is -0.495. The number of aromatic nitrogens is 3. The summed E-state index contributed by atoms with van der Waals surface area (Å²) in [6.45, 7) is 6.23. The zero-order valence-corrected chi connectivity index (χ0v) is 17.1. The maximum atomic E-state index is 13.5. The Hall–Kier alpha value is -3.31. The minimum atomic E-state index is -3.10. The maximum absolute atomic E-state index is 13.5. The van der Waals surface area contributed by atoms with Gasteiger partial charge in [-0.15, -0.1) is 0 Å². The fraction of sp³-hybridized carbons (Fsp3) is 0.474. The van der Waals surface area contributed by atoms with Gasteiger partial charge in [-0.3, -0.25) is 14.9 Å². The van der Waals surface area contributed by atoms with Gasteiger partial charge in [-0.25, -0.2) is 27.7 Å². The summed E-state index contributed by atoms with van der Waals surface area (Å²) in [5, 5.41) is 6.76. The minimum Gasteiger partial charge on any atom is -0.441 e. The lowest BCUT2D eigenvalue weighted by Gasteiger charge is -2.34. The molecule has 166 valence electrons. The first-order valence-electron chi connectivity index (χ1n) is 9.63. The van der Waals surface area contributed by atoms with Gasteiger partial charge in [0.25, 0.3) is 6.43 Å². The molecular weight excluding hydrogens is 417 g/mol. The molecule has 1 unspecified atom stereocenters. The molecule has 12 heteroatoms. The largest absolute Gasteiger partial charge is 0.441 e. The highest BCUT2D eigenvalue weighted by Gasteiger charge is 2.41. The number of halogens is 3. The second kappa shape index (κ2) is 7.43. The van der Waals surface area contributed by atoms with Crippen molar-refractivity contribution in [2.45, 2.75) is 51.9 Å². The molecule has 2 aromatic rings. The number of carbonyl (C=O) groups is 2. The van der Waals surface area contributed by atoms with Gasteiger partial charge in [0.2, 0.25) is 0 Å². The SMILES string of the molecule is CC1Cn2ncc(N3CC(C)(C)OC3=O)c2CN1C(=O)Nc1ccc(F)c(C(F)F)n1. The topological polar surface area (TPSA) is 92.6 Å². The fourth-order valence-electron chi connectivity index (χ4n) is 3.70. The van der Waals surface area contributed by atoms with Gasteiger partial charge in [-0.2, -0.15) is 5.10 Å². The minimum absolute atomic E-state index is 0.120. The van der Waals surface area contributed by atoms with Crippen LogP contribution in [-0.2, 0) is 17.8 Å². The van der Waals surface area contributed by atoms with E-state index >= 15 is 0 Å². The van der Waals surface area contributed by atoms with Crippen molar-refractivity contribution in [2.75, 3.05) is 16.8 Å². The van der Waals surface area contributed by atoms with Gasteiger partial charge in [-0.1, -0.05) is 0 Å². The number of nitrogens with one attached hydrogen (secondary N) is 1. The third-order valence-corrected chi connectivity index (χ3v) is 5.21. The van der Waals surface area contributed by atoms with Gasteiger partial charge in [0.15, 0.2) is 5.82 Å². The summed E-state index contributed by atoms with van der Waals surface area (Å²) in [6.07, 6.45) is -2.04. The van der Waals surface area contributed by atoms with Gasteiger partial charge >= 0.3 is 12.1 Å². The van der Waals surface area contributed by atoms with Gasteiger partial charge in [-0.05, 0) is 32.9 Å². The van der Waals surface area contributed by atoms with Crippen molar-refractivity contribution >= 4 is 23.6 Å². The first-order valence-corrected chi connectivity index (χ1v) is 9.63. The molecule has 1 saturated heterocycles. The molecule has 3 amide bonds. The number of carbonyl (C=O) groups excluding carboxylic acids is 2. The van der Waals surface area contributed by atoms with Crippen LogP contribution in [0.4, 0.5) is 34.3 Å². The molecule has 0 radical (unpaired) electrons.